The topological polar surface area (TPSA) is 70.0 Å². The van der Waals surface area contributed by atoms with Gasteiger partial charge in [-0.15, -0.1) is 0 Å². The molecule has 1 aliphatic heterocycles. The van der Waals surface area contributed by atoms with E-state index in [1.165, 1.54) is 0 Å². The lowest BCUT2D eigenvalue weighted by Gasteiger charge is -2.14. The van der Waals surface area contributed by atoms with Gasteiger partial charge in [-0.05, 0) is 18.6 Å². The lowest BCUT2D eigenvalue weighted by Crippen LogP contribution is -2.21. The molecular formula is C11H11ClN2O2S. The number of sulfone groups is 1. The number of halogens is 1. The van der Waals surface area contributed by atoms with Crippen LogP contribution in [0, 0.1) is 11.3 Å². The zero-order valence-corrected chi connectivity index (χ0v) is 10.6. The van der Waals surface area contributed by atoms with Gasteiger partial charge in [0.25, 0.3) is 0 Å². The summed E-state index contributed by atoms with van der Waals surface area (Å²) < 4.78 is 22.6. The van der Waals surface area contributed by atoms with Crippen LogP contribution in [0.5, 0.6) is 0 Å². The lowest BCUT2D eigenvalue weighted by molar-refractivity contribution is 0.602. The van der Waals surface area contributed by atoms with Crippen molar-refractivity contribution in [1.82, 2.24) is 0 Å². The number of benzene rings is 1. The van der Waals surface area contributed by atoms with Gasteiger partial charge in [-0.2, -0.15) is 5.26 Å². The first-order valence-electron chi connectivity index (χ1n) is 5.17. The van der Waals surface area contributed by atoms with Gasteiger partial charge in [-0.1, -0.05) is 17.7 Å². The Labute approximate surface area is 105 Å². The SMILES string of the molecule is N#Cc1c(Cl)cccc1NC1CCS(=O)(=O)C1. The molecule has 2 rings (SSSR count). The summed E-state index contributed by atoms with van der Waals surface area (Å²) in [6.45, 7) is 0. The fraction of sp³-hybridized carbons (Fsp3) is 0.364. The largest absolute Gasteiger partial charge is 0.380 e. The highest BCUT2D eigenvalue weighted by atomic mass is 35.5. The van der Waals surface area contributed by atoms with Crippen LogP contribution in [-0.2, 0) is 9.84 Å². The van der Waals surface area contributed by atoms with Gasteiger partial charge in [0.05, 0.1) is 27.8 Å². The Morgan fingerprint density at radius 3 is 2.82 bits per heavy atom. The van der Waals surface area contributed by atoms with Crippen LogP contribution in [0.3, 0.4) is 0 Å². The van der Waals surface area contributed by atoms with Gasteiger partial charge in [0.2, 0.25) is 0 Å². The molecule has 0 spiro atoms. The van der Waals surface area contributed by atoms with E-state index in [0.29, 0.717) is 22.7 Å². The van der Waals surface area contributed by atoms with E-state index >= 15 is 0 Å². The van der Waals surface area contributed by atoms with Crippen LogP contribution < -0.4 is 5.32 Å². The second kappa shape index (κ2) is 4.55. The summed E-state index contributed by atoms with van der Waals surface area (Å²) >= 11 is 5.89. The first-order chi connectivity index (χ1) is 8.02. The van der Waals surface area contributed by atoms with E-state index in [2.05, 4.69) is 5.32 Å². The second-order valence-corrected chi connectivity index (χ2v) is 6.65. The van der Waals surface area contributed by atoms with Gasteiger partial charge < -0.3 is 5.32 Å². The Kier molecular flexibility index (Phi) is 3.27. The maximum atomic E-state index is 11.3. The van der Waals surface area contributed by atoms with E-state index in [1.807, 2.05) is 6.07 Å². The second-order valence-electron chi connectivity index (χ2n) is 4.02. The Bertz CT molecular complexity index is 578. The number of nitrogens with one attached hydrogen (secondary N) is 1. The molecule has 4 nitrogen and oxygen atoms in total. The quantitative estimate of drug-likeness (QED) is 0.890. The van der Waals surface area contributed by atoms with Gasteiger partial charge in [0, 0.05) is 6.04 Å². The minimum Gasteiger partial charge on any atom is -0.380 e. The highest BCUT2D eigenvalue weighted by molar-refractivity contribution is 7.91. The number of nitrogens with zero attached hydrogens (tertiary/aromatic N) is 1. The molecule has 0 radical (unpaired) electrons. The lowest BCUT2D eigenvalue weighted by atomic mass is 10.1. The van der Waals surface area contributed by atoms with Crippen molar-refractivity contribution in [3.8, 4) is 6.07 Å². The maximum absolute atomic E-state index is 11.3. The Morgan fingerprint density at radius 1 is 1.47 bits per heavy atom. The van der Waals surface area contributed by atoms with Gasteiger partial charge in [-0.3, -0.25) is 0 Å². The third-order valence-corrected chi connectivity index (χ3v) is 4.80. The van der Waals surface area contributed by atoms with Gasteiger partial charge >= 0.3 is 0 Å². The smallest absolute Gasteiger partial charge is 0.152 e. The first kappa shape index (κ1) is 12.2. The predicted octanol–water partition coefficient (Wildman–Crippen LogP) is 1.81. The molecule has 6 heteroatoms. The van der Waals surface area contributed by atoms with Crippen LogP contribution in [0.4, 0.5) is 5.69 Å². The van der Waals surface area contributed by atoms with E-state index in [-0.39, 0.29) is 17.5 Å². The molecule has 0 aliphatic carbocycles. The number of nitriles is 1. The van der Waals surface area contributed by atoms with Gasteiger partial charge in [-0.25, -0.2) is 8.42 Å². The standard InChI is InChI=1S/C11H11ClN2O2S/c12-10-2-1-3-11(9(10)6-13)14-8-4-5-17(15,16)7-8/h1-3,8,14H,4-5,7H2. The fourth-order valence-corrected chi connectivity index (χ4v) is 3.78. The highest BCUT2D eigenvalue weighted by Crippen LogP contribution is 2.25. The summed E-state index contributed by atoms with van der Waals surface area (Å²) in [7, 11) is -2.92. The summed E-state index contributed by atoms with van der Waals surface area (Å²) in [5.41, 5.74) is 0.959. The van der Waals surface area contributed by atoms with E-state index in [4.69, 9.17) is 16.9 Å². The molecule has 0 bridgehead atoms. The molecule has 0 amide bonds. The minimum atomic E-state index is -2.92. The Balaban J connectivity index is 2.21. The van der Waals surface area contributed by atoms with Crippen molar-refractivity contribution in [3.05, 3.63) is 28.8 Å². The third-order valence-electron chi connectivity index (χ3n) is 2.72. The van der Waals surface area contributed by atoms with Crippen molar-refractivity contribution in [3.63, 3.8) is 0 Å². The average molecular weight is 271 g/mol. The van der Waals surface area contributed by atoms with Crippen molar-refractivity contribution in [1.29, 1.82) is 5.26 Å². The zero-order chi connectivity index (χ0) is 12.5. The molecule has 1 atom stereocenters. The molecular weight excluding hydrogens is 260 g/mol. The molecule has 0 aromatic heterocycles. The summed E-state index contributed by atoms with van der Waals surface area (Å²) in [4.78, 5) is 0. The van der Waals surface area contributed by atoms with Crippen LogP contribution in [0.25, 0.3) is 0 Å². The first-order valence-corrected chi connectivity index (χ1v) is 7.37. The molecule has 90 valence electrons. The van der Waals surface area contributed by atoms with Crippen LogP contribution in [0.2, 0.25) is 5.02 Å². The number of rotatable bonds is 2. The van der Waals surface area contributed by atoms with Crippen molar-refractivity contribution in [2.45, 2.75) is 12.5 Å². The van der Waals surface area contributed by atoms with Crippen molar-refractivity contribution in [2.24, 2.45) is 0 Å². The van der Waals surface area contributed by atoms with Crippen LogP contribution in [-0.4, -0.2) is 26.0 Å². The maximum Gasteiger partial charge on any atom is 0.152 e. The highest BCUT2D eigenvalue weighted by Gasteiger charge is 2.28. The molecule has 1 aromatic rings. The molecule has 1 N–H and O–H groups in total. The molecule has 1 aromatic carbocycles. The molecule has 1 saturated heterocycles. The molecule has 17 heavy (non-hydrogen) atoms. The van der Waals surface area contributed by atoms with Crippen LogP contribution >= 0.6 is 11.6 Å². The van der Waals surface area contributed by atoms with E-state index < -0.39 is 9.84 Å². The van der Waals surface area contributed by atoms with Crippen molar-refractivity contribution in [2.75, 3.05) is 16.8 Å². The monoisotopic (exact) mass is 270 g/mol. The minimum absolute atomic E-state index is 0.115. The fourth-order valence-electron chi connectivity index (χ4n) is 1.89. The number of hydrogen-bond donors (Lipinski definition) is 1. The zero-order valence-electron chi connectivity index (χ0n) is 8.98. The van der Waals surface area contributed by atoms with E-state index in [9.17, 15) is 8.42 Å². The Morgan fingerprint density at radius 2 is 2.24 bits per heavy atom. The summed E-state index contributed by atoms with van der Waals surface area (Å²) in [5.74, 6) is 0.317. The van der Waals surface area contributed by atoms with Crippen molar-refractivity contribution < 1.29 is 8.42 Å². The third kappa shape index (κ3) is 2.71. The average Bonchev–Trinajstić information content (AvgIpc) is 2.58. The summed E-state index contributed by atoms with van der Waals surface area (Å²) in [6, 6.07) is 6.98. The van der Waals surface area contributed by atoms with Gasteiger partial charge in [0.1, 0.15) is 6.07 Å². The van der Waals surface area contributed by atoms with E-state index in [1.54, 1.807) is 18.2 Å². The molecule has 1 fully saturated rings. The van der Waals surface area contributed by atoms with Crippen LogP contribution in [0.15, 0.2) is 18.2 Å². The molecule has 1 unspecified atom stereocenters. The normalized spacial score (nSPS) is 22.0. The van der Waals surface area contributed by atoms with Gasteiger partial charge in [0.15, 0.2) is 9.84 Å². The Hall–Kier alpha value is -1.25. The summed E-state index contributed by atoms with van der Waals surface area (Å²) in [6.07, 6.45) is 0.569. The molecule has 1 aliphatic rings. The summed E-state index contributed by atoms with van der Waals surface area (Å²) in [5, 5.41) is 12.4. The number of anilines is 1. The van der Waals surface area contributed by atoms with Crippen molar-refractivity contribution >= 4 is 27.1 Å². The number of hydrogen-bond acceptors (Lipinski definition) is 4. The molecule has 1 heterocycles. The van der Waals surface area contributed by atoms with Crippen LogP contribution in [0.1, 0.15) is 12.0 Å². The molecule has 0 saturated carbocycles. The van der Waals surface area contributed by atoms with E-state index in [0.717, 1.165) is 0 Å². The predicted molar refractivity (Wildman–Crippen MR) is 66.8 cm³/mol.